The van der Waals surface area contributed by atoms with E-state index in [0.29, 0.717) is 55.7 Å². The number of nitrogens with zero attached hydrogens (tertiary/aromatic N) is 7. The van der Waals surface area contributed by atoms with Crippen molar-refractivity contribution in [3.8, 4) is 0 Å². The first-order chi connectivity index (χ1) is 22.8. The fourth-order valence-corrected chi connectivity index (χ4v) is 7.59. The topological polar surface area (TPSA) is 132 Å². The first-order valence-electron chi connectivity index (χ1n) is 16.5. The van der Waals surface area contributed by atoms with Gasteiger partial charge in [-0.2, -0.15) is 28.4 Å². The summed E-state index contributed by atoms with van der Waals surface area (Å²) in [4.78, 5) is 37.8. The maximum absolute atomic E-state index is 14.2. The number of aryl methyl sites for hydroxylation is 1. The van der Waals surface area contributed by atoms with Crippen LogP contribution >= 0.6 is 0 Å². The van der Waals surface area contributed by atoms with Crippen molar-refractivity contribution in [3.63, 3.8) is 0 Å². The van der Waals surface area contributed by atoms with Crippen molar-refractivity contribution in [3.05, 3.63) is 35.5 Å². The Kier molecular flexibility index (Phi) is 8.31. The van der Waals surface area contributed by atoms with Gasteiger partial charge in [-0.1, -0.05) is 0 Å². The minimum Gasteiger partial charge on any atom is -0.381 e. The van der Waals surface area contributed by atoms with Crippen LogP contribution in [0.25, 0.3) is 5.78 Å². The Morgan fingerprint density at radius 2 is 1.96 bits per heavy atom. The van der Waals surface area contributed by atoms with Gasteiger partial charge in [-0.15, -0.1) is 0 Å². The summed E-state index contributed by atoms with van der Waals surface area (Å²) in [5, 5.41) is 14.3. The monoisotopic (exact) mass is 679 g/mol. The van der Waals surface area contributed by atoms with Crippen LogP contribution < -0.4 is 15.5 Å². The number of rotatable bonds is 8. The summed E-state index contributed by atoms with van der Waals surface area (Å²) >= 11 is 0. The Bertz CT molecular complexity index is 1670. The number of anilines is 1. The van der Waals surface area contributed by atoms with Gasteiger partial charge in [0.05, 0.1) is 30.5 Å². The summed E-state index contributed by atoms with van der Waals surface area (Å²) in [5.41, 5.74) is 1.01. The van der Waals surface area contributed by atoms with Crippen molar-refractivity contribution in [1.82, 2.24) is 40.0 Å². The Balaban J connectivity index is 1.23. The SMILES string of the molecule is CCn1nccc1C(=O)N[C@H](c1cn2nc(C[C@H]3C[C@@H](C(F)(F)F)CNC3=O)c(N3CC4(CCOC4)C3)nc2n1)C1CCC(F)(F)CC1. The molecule has 3 aromatic rings. The Labute approximate surface area is 272 Å². The number of alkyl halides is 5. The summed E-state index contributed by atoms with van der Waals surface area (Å²) in [5.74, 6) is -6.05. The number of piperidine rings is 1. The van der Waals surface area contributed by atoms with E-state index in [2.05, 4.69) is 15.7 Å². The third-order valence-corrected chi connectivity index (χ3v) is 10.4. The summed E-state index contributed by atoms with van der Waals surface area (Å²) in [6, 6.07) is 0.833. The molecule has 0 unspecified atom stereocenters. The van der Waals surface area contributed by atoms with Gasteiger partial charge in [0.2, 0.25) is 11.8 Å². The highest BCUT2D eigenvalue weighted by molar-refractivity contribution is 5.92. The van der Waals surface area contributed by atoms with Crippen molar-refractivity contribution < 1.29 is 36.3 Å². The highest BCUT2D eigenvalue weighted by atomic mass is 19.4. The maximum Gasteiger partial charge on any atom is 0.393 e. The van der Waals surface area contributed by atoms with E-state index in [1.807, 2.05) is 11.8 Å². The number of aromatic nitrogens is 6. The lowest BCUT2D eigenvalue weighted by Crippen LogP contribution is -2.57. The molecule has 4 fully saturated rings. The molecule has 0 radical (unpaired) electrons. The van der Waals surface area contributed by atoms with Gasteiger partial charge >= 0.3 is 6.18 Å². The normalized spacial score (nSPS) is 24.9. The van der Waals surface area contributed by atoms with Gasteiger partial charge in [0.1, 0.15) is 11.4 Å². The summed E-state index contributed by atoms with van der Waals surface area (Å²) < 4.78 is 77.8. The standard InChI is InChI=1S/C31H38F5N9O3/c1-2-44-23(5-9-38-44)27(47)40-24(18-3-6-30(32,33)7-4-18)22-14-45-28(39-22)41-25(43-15-29(16-43)8-10-48-17-29)21(42-45)12-19-11-20(31(34,35)36)13-37-26(19)46/h5,9,14,18-20,24H,2-4,6-8,10-13,15-17H2,1H3,(H,37,46)(H,40,47)/t19-,20-,24+/m1/s1. The third-order valence-electron chi connectivity index (χ3n) is 10.4. The average Bonchev–Trinajstić information content (AvgIpc) is 3.79. The maximum atomic E-state index is 14.2. The largest absolute Gasteiger partial charge is 0.393 e. The van der Waals surface area contributed by atoms with Gasteiger partial charge in [0, 0.05) is 69.6 Å². The summed E-state index contributed by atoms with van der Waals surface area (Å²) in [6.07, 6.45) is -1.25. The quantitative estimate of drug-likeness (QED) is 0.345. The fourth-order valence-electron chi connectivity index (χ4n) is 7.59. The number of carbonyl (C=O) groups excluding carboxylic acids is 2. The van der Waals surface area contributed by atoms with Crippen molar-refractivity contribution in [1.29, 1.82) is 0 Å². The molecular weight excluding hydrogens is 641 g/mol. The Morgan fingerprint density at radius 3 is 2.65 bits per heavy atom. The molecular formula is C31H38F5N9O3. The molecule has 0 bridgehead atoms. The molecule has 2 amide bonds. The molecule has 17 heteroatoms. The van der Waals surface area contributed by atoms with Crippen LogP contribution in [0.3, 0.4) is 0 Å². The van der Waals surface area contributed by atoms with Crippen LogP contribution in [0.4, 0.5) is 27.8 Å². The third kappa shape index (κ3) is 6.32. The van der Waals surface area contributed by atoms with E-state index in [1.54, 1.807) is 12.3 Å². The zero-order valence-electron chi connectivity index (χ0n) is 26.5. The molecule has 0 aromatic carbocycles. The molecule has 1 aliphatic carbocycles. The van der Waals surface area contributed by atoms with E-state index in [9.17, 15) is 31.5 Å². The van der Waals surface area contributed by atoms with Crippen LogP contribution in [0.2, 0.25) is 0 Å². The fraction of sp³-hybridized carbons (Fsp3) is 0.677. The lowest BCUT2D eigenvalue weighted by molar-refractivity contribution is -0.183. The summed E-state index contributed by atoms with van der Waals surface area (Å²) in [7, 11) is 0. The zero-order chi connectivity index (χ0) is 33.8. The van der Waals surface area contributed by atoms with Crippen molar-refractivity contribution in [2.75, 3.05) is 37.7 Å². The molecule has 2 N–H and O–H groups in total. The highest BCUT2D eigenvalue weighted by Gasteiger charge is 2.49. The second-order valence-electron chi connectivity index (χ2n) is 13.7. The molecule has 7 rings (SSSR count). The molecule has 3 aromatic heterocycles. The minimum absolute atomic E-state index is 0.0430. The number of hydrogen-bond acceptors (Lipinski definition) is 8. The molecule has 48 heavy (non-hydrogen) atoms. The molecule has 3 atom stereocenters. The lowest BCUT2D eigenvalue weighted by Gasteiger charge is -2.48. The molecule has 4 aliphatic rings. The van der Waals surface area contributed by atoms with Crippen LogP contribution in [-0.2, 0) is 22.5 Å². The van der Waals surface area contributed by atoms with E-state index in [0.717, 1.165) is 6.42 Å². The first kappa shape index (κ1) is 32.6. The number of halogens is 5. The van der Waals surface area contributed by atoms with E-state index < -0.39 is 48.3 Å². The number of carbonyl (C=O) groups is 2. The van der Waals surface area contributed by atoms with E-state index >= 15 is 0 Å². The molecule has 6 heterocycles. The second kappa shape index (κ2) is 12.2. The predicted octanol–water partition coefficient (Wildman–Crippen LogP) is 3.72. The van der Waals surface area contributed by atoms with Crippen LogP contribution in [0, 0.1) is 23.2 Å². The van der Waals surface area contributed by atoms with Gasteiger partial charge in [-0.3, -0.25) is 14.3 Å². The number of fused-ring (bicyclic) bond motifs is 1. The lowest BCUT2D eigenvalue weighted by atomic mass is 9.79. The van der Waals surface area contributed by atoms with Gasteiger partial charge in [0.25, 0.3) is 11.7 Å². The van der Waals surface area contributed by atoms with E-state index in [-0.39, 0.29) is 55.6 Å². The van der Waals surface area contributed by atoms with Crippen LogP contribution in [-0.4, -0.2) is 86.1 Å². The number of ether oxygens (including phenoxy) is 1. The van der Waals surface area contributed by atoms with Gasteiger partial charge in [-0.25, -0.2) is 18.3 Å². The predicted molar refractivity (Wildman–Crippen MR) is 160 cm³/mol. The van der Waals surface area contributed by atoms with Crippen LogP contribution in [0.1, 0.15) is 73.4 Å². The van der Waals surface area contributed by atoms with Gasteiger partial charge < -0.3 is 20.3 Å². The van der Waals surface area contributed by atoms with E-state index in [1.165, 1.54) is 15.4 Å². The van der Waals surface area contributed by atoms with Crippen molar-refractivity contribution in [2.45, 2.75) is 76.6 Å². The van der Waals surface area contributed by atoms with Gasteiger partial charge in [-0.05, 0) is 44.6 Å². The first-order valence-corrected chi connectivity index (χ1v) is 16.5. The second-order valence-corrected chi connectivity index (χ2v) is 13.7. The zero-order valence-corrected chi connectivity index (χ0v) is 26.5. The van der Waals surface area contributed by atoms with Crippen LogP contribution in [0.5, 0.6) is 0 Å². The van der Waals surface area contributed by atoms with Gasteiger partial charge in [0.15, 0.2) is 5.82 Å². The number of amides is 2. The molecule has 1 spiro atoms. The molecule has 12 nitrogen and oxygen atoms in total. The van der Waals surface area contributed by atoms with E-state index in [4.69, 9.17) is 19.8 Å². The van der Waals surface area contributed by atoms with Crippen molar-refractivity contribution in [2.24, 2.45) is 23.2 Å². The number of nitrogens with one attached hydrogen (secondary N) is 2. The number of imidazole rings is 1. The number of hydrogen-bond donors (Lipinski definition) is 2. The van der Waals surface area contributed by atoms with Crippen LogP contribution in [0.15, 0.2) is 18.5 Å². The minimum atomic E-state index is -4.45. The molecule has 3 saturated heterocycles. The van der Waals surface area contributed by atoms with Crippen molar-refractivity contribution >= 4 is 23.4 Å². The molecule has 3 aliphatic heterocycles. The Morgan fingerprint density at radius 1 is 1.19 bits per heavy atom. The molecule has 1 saturated carbocycles. The Hall–Kier alpha value is -3.89. The average molecular weight is 680 g/mol. The summed E-state index contributed by atoms with van der Waals surface area (Å²) in [6.45, 7) is 4.31. The smallest absolute Gasteiger partial charge is 0.381 e. The molecule has 260 valence electrons. The highest BCUT2D eigenvalue weighted by Crippen LogP contribution is 2.43.